The molecule has 4 aromatic rings. The number of hydrogen-bond donors (Lipinski definition) is 0. The number of imidazole rings is 1. The molecule has 0 saturated carbocycles. The van der Waals surface area contributed by atoms with E-state index in [4.69, 9.17) is 0 Å². The second-order valence-corrected chi connectivity index (χ2v) is 7.12. The Bertz CT molecular complexity index is 1480. The molecule has 0 aliphatic carbocycles. The van der Waals surface area contributed by atoms with E-state index in [0.29, 0.717) is 23.4 Å². The van der Waals surface area contributed by atoms with Crippen LogP contribution in [0.2, 0.25) is 0 Å². The van der Waals surface area contributed by atoms with E-state index in [-0.39, 0.29) is 11.3 Å². The molecule has 8 heteroatoms. The van der Waals surface area contributed by atoms with E-state index in [2.05, 4.69) is 11.7 Å². The maximum Gasteiger partial charge on any atom is 0.330 e. The van der Waals surface area contributed by atoms with Crippen LogP contribution in [0.15, 0.2) is 58.8 Å². The highest BCUT2D eigenvalue weighted by atomic mass is 16.2. The number of allylic oxidation sites excluding steroid dienone is 2. The molecule has 3 aromatic heterocycles. The molecule has 152 valence electrons. The van der Waals surface area contributed by atoms with Gasteiger partial charge in [-0.25, -0.2) is 9.31 Å². The maximum atomic E-state index is 13.1. The van der Waals surface area contributed by atoms with Crippen LogP contribution in [0.1, 0.15) is 21.6 Å². The number of fused-ring (bicyclic) bond motifs is 3. The molecule has 0 aliphatic heterocycles. The summed E-state index contributed by atoms with van der Waals surface area (Å²) in [4.78, 5) is 37.3. The van der Waals surface area contributed by atoms with Gasteiger partial charge in [0.2, 0.25) is 0 Å². The lowest BCUT2D eigenvalue weighted by Crippen LogP contribution is -2.37. The summed E-state index contributed by atoms with van der Waals surface area (Å²) >= 11 is 0. The van der Waals surface area contributed by atoms with Crippen LogP contribution in [0.3, 0.4) is 0 Å². The van der Waals surface area contributed by atoms with Gasteiger partial charge in [0.25, 0.3) is 5.56 Å². The summed E-state index contributed by atoms with van der Waals surface area (Å²) in [5, 5.41) is 4.57. The lowest BCUT2D eigenvalue weighted by atomic mass is 10.1. The highest BCUT2D eigenvalue weighted by Crippen LogP contribution is 2.26. The van der Waals surface area contributed by atoms with Gasteiger partial charge in [0.05, 0.1) is 27.9 Å². The summed E-state index contributed by atoms with van der Waals surface area (Å²) in [7, 11) is 2.96. The SMILES string of the molecule is C=CCn1c2ccccc2n2nc(C)c(C(=O)C=Cc3cn(C)c(=O)n(C)c3=O)c12. The van der Waals surface area contributed by atoms with E-state index in [1.165, 1.54) is 30.0 Å². The first-order valence-electron chi connectivity index (χ1n) is 9.41. The number of carbonyl (C=O) groups is 1. The fourth-order valence-corrected chi connectivity index (χ4v) is 3.72. The molecule has 1 aromatic carbocycles. The van der Waals surface area contributed by atoms with Gasteiger partial charge in [-0.2, -0.15) is 5.10 Å². The second-order valence-electron chi connectivity index (χ2n) is 7.12. The van der Waals surface area contributed by atoms with Gasteiger partial charge in [0, 0.05) is 26.8 Å². The number of aromatic nitrogens is 5. The second kappa shape index (κ2) is 7.14. The van der Waals surface area contributed by atoms with Gasteiger partial charge in [-0.1, -0.05) is 18.2 Å². The summed E-state index contributed by atoms with van der Waals surface area (Å²) < 4.78 is 6.07. The van der Waals surface area contributed by atoms with Crippen molar-refractivity contribution in [1.29, 1.82) is 0 Å². The molecule has 0 spiro atoms. The Labute approximate surface area is 171 Å². The summed E-state index contributed by atoms with van der Waals surface area (Å²) in [6.45, 7) is 6.13. The maximum absolute atomic E-state index is 13.1. The molecule has 0 amide bonds. The zero-order valence-electron chi connectivity index (χ0n) is 17.0. The fourth-order valence-electron chi connectivity index (χ4n) is 3.72. The van der Waals surface area contributed by atoms with Gasteiger partial charge in [-0.05, 0) is 31.2 Å². The Morgan fingerprint density at radius 2 is 1.87 bits per heavy atom. The molecule has 0 atom stereocenters. The lowest BCUT2D eigenvalue weighted by Gasteiger charge is -2.04. The van der Waals surface area contributed by atoms with E-state index in [0.717, 1.165) is 15.6 Å². The lowest BCUT2D eigenvalue weighted by molar-refractivity contribution is 0.104. The monoisotopic (exact) mass is 403 g/mol. The van der Waals surface area contributed by atoms with Crippen LogP contribution in [0.4, 0.5) is 0 Å². The molecule has 0 radical (unpaired) electrons. The van der Waals surface area contributed by atoms with E-state index < -0.39 is 11.2 Å². The van der Waals surface area contributed by atoms with Crippen molar-refractivity contribution in [2.24, 2.45) is 14.1 Å². The number of aryl methyl sites for hydroxylation is 2. The summed E-state index contributed by atoms with van der Waals surface area (Å²) in [6.07, 6.45) is 5.98. The third-order valence-corrected chi connectivity index (χ3v) is 5.14. The normalized spacial score (nSPS) is 11.7. The van der Waals surface area contributed by atoms with E-state index in [1.54, 1.807) is 24.6 Å². The minimum Gasteiger partial charge on any atom is -0.320 e. The van der Waals surface area contributed by atoms with Crippen LogP contribution >= 0.6 is 0 Å². The standard InChI is InChI=1S/C22H21N5O3/c1-5-12-26-16-8-6-7-9-17(16)27-20(26)19(14(2)23-27)18(28)11-10-15-13-24(3)22(30)25(4)21(15)29/h5-11,13H,1,12H2,2-4H3. The first-order chi connectivity index (χ1) is 14.3. The van der Waals surface area contributed by atoms with Crippen molar-refractivity contribution in [1.82, 2.24) is 23.3 Å². The Balaban J connectivity index is 1.88. The highest BCUT2D eigenvalue weighted by Gasteiger charge is 2.22. The predicted octanol–water partition coefficient (Wildman–Crippen LogP) is 2.08. The van der Waals surface area contributed by atoms with Gasteiger partial charge in [0.1, 0.15) is 5.65 Å². The largest absolute Gasteiger partial charge is 0.330 e. The first-order valence-corrected chi connectivity index (χ1v) is 9.41. The van der Waals surface area contributed by atoms with Gasteiger partial charge >= 0.3 is 5.69 Å². The molecular weight excluding hydrogens is 382 g/mol. The Kier molecular flexibility index (Phi) is 4.62. The van der Waals surface area contributed by atoms with E-state index in [9.17, 15) is 14.4 Å². The third-order valence-electron chi connectivity index (χ3n) is 5.14. The number of hydrogen-bond acceptors (Lipinski definition) is 4. The average molecular weight is 403 g/mol. The van der Waals surface area contributed by atoms with Gasteiger partial charge in [-0.3, -0.25) is 14.2 Å². The molecule has 8 nitrogen and oxygen atoms in total. The number of carbonyl (C=O) groups excluding carboxylic acids is 1. The quantitative estimate of drug-likeness (QED) is 0.290. The van der Waals surface area contributed by atoms with Crippen LogP contribution in [0.5, 0.6) is 0 Å². The number of rotatable bonds is 5. The number of nitrogens with zero attached hydrogens (tertiary/aromatic N) is 5. The van der Waals surface area contributed by atoms with Crippen molar-refractivity contribution in [3.05, 3.63) is 86.9 Å². The number of ketones is 1. The van der Waals surface area contributed by atoms with Gasteiger partial charge in [-0.15, -0.1) is 6.58 Å². The topological polar surface area (TPSA) is 83.3 Å². The molecule has 0 aliphatic rings. The van der Waals surface area contributed by atoms with Crippen LogP contribution in [0.25, 0.3) is 22.8 Å². The fraction of sp³-hybridized carbons (Fsp3) is 0.182. The van der Waals surface area contributed by atoms with Gasteiger partial charge in [0.15, 0.2) is 5.78 Å². The molecule has 4 rings (SSSR count). The number of benzene rings is 1. The first kappa shape index (κ1) is 19.4. The van der Waals surface area contributed by atoms with Crippen LogP contribution in [0, 0.1) is 6.92 Å². The zero-order chi connectivity index (χ0) is 21.6. The highest BCUT2D eigenvalue weighted by molar-refractivity contribution is 6.12. The predicted molar refractivity (Wildman–Crippen MR) is 116 cm³/mol. The van der Waals surface area contributed by atoms with Crippen molar-refractivity contribution in [3.63, 3.8) is 0 Å². The third kappa shape index (κ3) is 2.85. The Hall–Kier alpha value is -3.94. The van der Waals surface area contributed by atoms with Crippen molar-refractivity contribution in [2.45, 2.75) is 13.5 Å². The molecule has 0 fully saturated rings. The van der Waals surface area contributed by atoms with E-state index in [1.807, 2.05) is 28.8 Å². The molecule has 0 bridgehead atoms. The van der Waals surface area contributed by atoms with Crippen molar-refractivity contribution < 1.29 is 4.79 Å². The van der Waals surface area contributed by atoms with Crippen molar-refractivity contribution >= 4 is 28.5 Å². The smallest absolute Gasteiger partial charge is 0.320 e. The summed E-state index contributed by atoms with van der Waals surface area (Å²) in [6, 6.07) is 7.78. The van der Waals surface area contributed by atoms with E-state index >= 15 is 0 Å². The zero-order valence-corrected chi connectivity index (χ0v) is 17.0. The van der Waals surface area contributed by atoms with Crippen LogP contribution in [-0.4, -0.2) is 29.1 Å². The van der Waals surface area contributed by atoms with Crippen LogP contribution in [-0.2, 0) is 20.6 Å². The van der Waals surface area contributed by atoms with Crippen molar-refractivity contribution in [2.75, 3.05) is 0 Å². The molecule has 0 N–H and O–H groups in total. The number of para-hydroxylation sites is 2. The molecule has 3 heterocycles. The average Bonchev–Trinajstić information content (AvgIpc) is 3.22. The van der Waals surface area contributed by atoms with Crippen molar-refractivity contribution in [3.8, 4) is 0 Å². The summed E-state index contributed by atoms with van der Waals surface area (Å²) in [5.74, 6) is -0.272. The van der Waals surface area contributed by atoms with Crippen LogP contribution < -0.4 is 11.2 Å². The van der Waals surface area contributed by atoms with Gasteiger partial charge < -0.3 is 9.13 Å². The minimum atomic E-state index is -0.459. The molecule has 30 heavy (non-hydrogen) atoms. The molecule has 0 saturated heterocycles. The minimum absolute atomic E-state index is 0.251. The Morgan fingerprint density at radius 3 is 2.57 bits per heavy atom. The summed E-state index contributed by atoms with van der Waals surface area (Å²) in [5.41, 5.74) is 2.95. The molecular formula is C22H21N5O3. The Morgan fingerprint density at radius 1 is 1.17 bits per heavy atom. The molecule has 0 unspecified atom stereocenters.